The quantitative estimate of drug-likeness (QED) is 0.596. The second-order valence-electron chi connectivity index (χ2n) is 7.21. The van der Waals surface area contributed by atoms with E-state index in [1.165, 1.54) is 0 Å². The van der Waals surface area contributed by atoms with Crippen molar-refractivity contribution in [3.8, 4) is 5.75 Å². The first-order valence-electron chi connectivity index (χ1n) is 7.88. The van der Waals surface area contributed by atoms with Crippen LogP contribution in [0.1, 0.15) is 31.9 Å². The molecule has 0 aromatic heterocycles. The van der Waals surface area contributed by atoms with E-state index in [1.54, 1.807) is 0 Å². The number of aliphatic hydroxyl groups is 3. The van der Waals surface area contributed by atoms with Crippen LogP contribution in [-0.2, 0) is 12.8 Å². The van der Waals surface area contributed by atoms with E-state index in [4.69, 9.17) is 4.74 Å². The number of ether oxygens (including phenoxy) is 1. The number of aliphatic hydroxyl groups excluding tert-OH is 3. The Morgan fingerprint density at radius 1 is 1.23 bits per heavy atom. The van der Waals surface area contributed by atoms with Crippen molar-refractivity contribution in [2.75, 3.05) is 13.2 Å². The maximum atomic E-state index is 10.0. The van der Waals surface area contributed by atoms with Gasteiger partial charge >= 0.3 is 0 Å². The second-order valence-corrected chi connectivity index (χ2v) is 7.21. The van der Waals surface area contributed by atoms with E-state index >= 15 is 0 Å². The lowest BCUT2D eigenvalue weighted by Crippen LogP contribution is -2.96. The van der Waals surface area contributed by atoms with Crippen LogP contribution in [0.3, 0.4) is 0 Å². The third-order valence-corrected chi connectivity index (χ3v) is 3.95. The number of nitrogens with two attached hydrogens (primary N) is 1. The molecule has 0 heterocycles. The lowest BCUT2D eigenvalue weighted by Gasteiger charge is -2.27. The Kier molecular flexibility index (Phi) is 5.45. The standard InChI is InChI=1S/C17H27NO4/c1-17(2,3)18-9-12(19)10-22-16-6-4-5-11-7-14(20)15(21)8-13(11)16/h4-6,12,14-15,18-21H,7-10H2,1-3H3/p+1/t12-,14+,15-/m0/s1. The molecule has 0 unspecified atom stereocenters. The minimum Gasteiger partial charge on any atom is -0.490 e. The third kappa shape index (κ3) is 4.68. The van der Waals surface area contributed by atoms with Gasteiger partial charge in [0.05, 0.1) is 17.7 Å². The first-order chi connectivity index (χ1) is 10.3. The topological polar surface area (TPSA) is 86.5 Å². The minimum absolute atomic E-state index is 0.0765. The molecular weight excluding hydrogens is 282 g/mol. The van der Waals surface area contributed by atoms with Crippen LogP contribution < -0.4 is 10.1 Å². The van der Waals surface area contributed by atoms with Gasteiger partial charge in [-0.1, -0.05) is 12.1 Å². The molecule has 0 saturated heterocycles. The first kappa shape index (κ1) is 17.2. The molecule has 0 radical (unpaired) electrons. The average Bonchev–Trinajstić information content (AvgIpc) is 2.43. The summed E-state index contributed by atoms with van der Waals surface area (Å²) in [4.78, 5) is 0. The normalized spacial score (nSPS) is 23.0. The summed E-state index contributed by atoms with van der Waals surface area (Å²) >= 11 is 0. The summed E-state index contributed by atoms with van der Waals surface area (Å²) in [5.74, 6) is 0.693. The lowest BCUT2D eigenvalue weighted by molar-refractivity contribution is -0.722. The molecule has 5 N–H and O–H groups in total. The highest BCUT2D eigenvalue weighted by Gasteiger charge is 2.27. The van der Waals surface area contributed by atoms with Gasteiger partial charge in [0.15, 0.2) is 0 Å². The number of hydrogen-bond donors (Lipinski definition) is 4. The van der Waals surface area contributed by atoms with Crippen LogP contribution in [0.15, 0.2) is 18.2 Å². The Bertz CT molecular complexity index is 498. The third-order valence-electron chi connectivity index (χ3n) is 3.95. The number of quaternary nitrogens is 1. The monoisotopic (exact) mass is 310 g/mol. The van der Waals surface area contributed by atoms with E-state index in [0.717, 1.165) is 11.1 Å². The van der Waals surface area contributed by atoms with E-state index in [1.807, 2.05) is 18.2 Å². The fourth-order valence-electron chi connectivity index (χ4n) is 2.62. The zero-order valence-corrected chi connectivity index (χ0v) is 13.6. The summed E-state index contributed by atoms with van der Waals surface area (Å²) in [7, 11) is 0. The van der Waals surface area contributed by atoms with E-state index in [9.17, 15) is 15.3 Å². The molecule has 0 aliphatic heterocycles. The van der Waals surface area contributed by atoms with Crippen LogP contribution in [0.4, 0.5) is 0 Å². The van der Waals surface area contributed by atoms with Crippen molar-refractivity contribution in [2.24, 2.45) is 0 Å². The fourth-order valence-corrected chi connectivity index (χ4v) is 2.62. The van der Waals surface area contributed by atoms with Crippen LogP contribution in [-0.4, -0.2) is 52.3 Å². The van der Waals surface area contributed by atoms with Crippen LogP contribution in [0, 0.1) is 0 Å². The zero-order valence-electron chi connectivity index (χ0n) is 13.6. The van der Waals surface area contributed by atoms with Gasteiger partial charge in [-0.25, -0.2) is 0 Å². The van der Waals surface area contributed by atoms with Gasteiger partial charge in [-0.3, -0.25) is 0 Å². The molecule has 5 heteroatoms. The van der Waals surface area contributed by atoms with Crippen LogP contribution in [0.2, 0.25) is 0 Å². The number of fused-ring (bicyclic) bond motifs is 1. The number of rotatable bonds is 5. The fraction of sp³-hybridized carbons (Fsp3) is 0.647. The molecule has 0 saturated carbocycles. The molecule has 22 heavy (non-hydrogen) atoms. The molecule has 1 aromatic rings. The molecule has 124 valence electrons. The zero-order chi connectivity index (χ0) is 16.3. The molecule has 0 spiro atoms. The van der Waals surface area contributed by atoms with Gasteiger partial charge in [0.2, 0.25) is 0 Å². The van der Waals surface area contributed by atoms with Crippen molar-refractivity contribution in [2.45, 2.75) is 57.5 Å². The number of benzene rings is 1. The smallest absolute Gasteiger partial charge is 0.137 e. The Balaban J connectivity index is 1.95. The molecule has 3 atom stereocenters. The largest absolute Gasteiger partial charge is 0.490 e. The van der Waals surface area contributed by atoms with Crippen molar-refractivity contribution in [3.05, 3.63) is 29.3 Å². The van der Waals surface area contributed by atoms with E-state index in [2.05, 4.69) is 26.1 Å². The van der Waals surface area contributed by atoms with Crippen molar-refractivity contribution in [3.63, 3.8) is 0 Å². The summed E-state index contributed by atoms with van der Waals surface area (Å²) in [5.41, 5.74) is 2.02. The highest BCUT2D eigenvalue weighted by molar-refractivity contribution is 5.43. The molecule has 1 aliphatic rings. The van der Waals surface area contributed by atoms with Gasteiger partial charge in [-0.15, -0.1) is 0 Å². The highest BCUT2D eigenvalue weighted by atomic mass is 16.5. The molecule has 1 aliphatic carbocycles. The van der Waals surface area contributed by atoms with E-state index < -0.39 is 18.3 Å². The van der Waals surface area contributed by atoms with Crippen molar-refractivity contribution >= 4 is 0 Å². The second kappa shape index (κ2) is 6.96. The van der Waals surface area contributed by atoms with Gasteiger partial charge in [0.25, 0.3) is 0 Å². The van der Waals surface area contributed by atoms with Gasteiger partial charge in [0, 0.05) is 18.4 Å². The van der Waals surface area contributed by atoms with E-state index in [-0.39, 0.29) is 12.1 Å². The minimum atomic E-state index is -0.753. The lowest BCUT2D eigenvalue weighted by atomic mass is 9.87. The summed E-state index contributed by atoms with van der Waals surface area (Å²) in [6.45, 7) is 7.10. The van der Waals surface area contributed by atoms with Gasteiger partial charge in [-0.05, 0) is 32.4 Å². The molecule has 2 rings (SSSR count). The Morgan fingerprint density at radius 2 is 1.91 bits per heavy atom. The number of hydrogen-bond acceptors (Lipinski definition) is 4. The molecule has 0 fully saturated rings. The molecule has 0 bridgehead atoms. The molecular formula is C17H28NO4+. The SMILES string of the molecule is CC(C)(C)[NH2+]C[C@H](O)COc1cccc2c1C[C@H](O)[C@H](O)C2. The van der Waals surface area contributed by atoms with E-state index in [0.29, 0.717) is 25.1 Å². The summed E-state index contributed by atoms with van der Waals surface area (Å²) in [6.07, 6.45) is -1.19. The Labute approximate surface area is 131 Å². The predicted octanol–water partition coefficient (Wildman–Crippen LogP) is -0.391. The Hall–Kier alpha value is -1.14. The van der Waals surface area contributed by atoms with Gasteiger partial charge < -0.3 is 25.4 Å². The molecule has 5 nitrogen and oxygen atoms in total. The maximum Gasteiger partial charge on any atom is 0.137 e. The first-order valence-corrected chi connectivity index (χ1v) is 7.88. The van der Waals surface area contributed by atoms with Gasteiger partial charge in [0.1, 0.15) is 25.0 Å². The van der Waals surface area contributed by atoms with Crippen LogP contribution >= 0.6 is 0 Å². The molecule has 0 amide bonds. The summed E-state index contributed by atoms with van der Waals surface area (Å²) in [5, 5.41) is 31.7. The highest BCUT2D eigenvalue weighted by Crippen LogP contribution is 2.30. The van der Waals surface area contributed by atoms with Crippen LogP contribution in [0.25, 0.3) is 0 Å². The Morgan fingerprint density at radius 3 is 2.59 bits per heavy atom. The maximum absolute atomic E-state index is 10.0. The van der Waals surface area contributed by atoms with Crippen LogP contribution in [0.5, 0.6) is 5.75 Å². The van der Waals surface area contributed by atoms with Gasteiger partial charge in [-0.2, -0.15) is 0 Å². The van der Waals surface area contributed by atoms with Crippen molar-refractivity contribution in [1.82, 2.24) is 0 Å². The van der Waals surface area contributed by atoms with Crippen molar-refractivity contribution < 1.29 is 25.4 Å². The predicted molar refractivity (Wildman–Crippen MR) is 83.9 cm³/mol. The average molecular weight is 310 g/mol. The summed E-state index contributed by atoms with van der Waals surface area (Å²) in [6, 6.07) is 5.68. The summed E-state index contributed by atoms with van der Waals surface area (Å²) < 4.78 is 5.75. The molecule has 1 aromatic carbocycles. The van der Waals surface area contributed by atoms with Crippen molar-refractivity contribution in [1.29, 1.82) is 0 Å².